The molecule has 0 radical (unpaired) electrons. The summed E-state index contributed by atoms with van der Waals surface area (Å²) in [6.07, 6.45) is 2.57. The third-order valence-electron chi connectivity index (χ3n) is 6.78. The van der Waals surface area contributed by atoms with Gasteiger partial charge in [0.15, 0.2) is 0 Å². The van der Waals surface area contributed by atoms with Crippen LogP contribution in [0.4, 0.5) is 5.82 Å². The first-order valence-electron chi connectivity index (χ1n) is 11.9. The minimum absolute atomic E-state index is 0.00702. The van der Waals surface area contributed by atoms with E-state index in [0.717, 1.165) is 51.7 Å². The minimum atomic E-state index is -0.876. The lowest BCUT2D eigenvalue weighted by atomic mass is 9.93. The number of carboxylic acids is 1. The zero-order valence-corrected chi connectivity index (χ0v) is 22.2. The fourth-order valence-electron chi connectivity index (χ4n) is 4.91. The zero-order valence-electron chi connectivity index (χ0n) is 19.9. The fraction of sp³-hybridized carbons (Fsp3) is 0.370. The predicted molar refractivity (Wildman–Crippen MR) is 144 cm³/mol. The van der Waals surface area contributed by atoms with Gasteiger partial charge >= 0.3 is 5.97 Å². The van der Waals surface area contributed by atoms with E-state index >= 15 is 0 Å². The summed E-state index contributed by atoms with van der Waals surface area (Å²) in [5.41, 5.74) is 3.05. The van der Waals surface area contributed by atoms with E-state index in [-0.39, 0.29) is 24.8 Å². The number of carbonyl (C=O) groups is 2. The number of aromatic nitrogens is 1. The first kappa shape index (κ1) is 25.5. The molecule has 6 nitrogen and oxygen atoms in total. The molecular weight excluding hydrogens is 530 g/mol. The van der Waals surface area contributed by atoms with Gasteiger partial charge in [0.2, 0.25) is 0 Å². The molecule has 0 bridgehead atoms. The lowest BCUT2D eigenvalue weighted by Crippen LogP contribution is -2.32. The number of amides is 1. The monoisotopic (exact) mass is 557 g/mol. The summed E-state index contributed by atoms with van der Waals surface area (Å²) in [4.78, 5) is 32.2. The average Bonchev–Trinajstić information content (AvgIpc) is 3.24. The second kappa shape index (κ2) is 11.0. The largest absolute Gasteiger partial charge is 0.481 e. The van der Waals surface area contributed by atoms with Gasteiger partial charge in [0.25, 0.3) is 5.91 Å². The van der Waals surface area contributed by atoms with E-state index in [1.165, 1.54) is 0 Å². The summed E-state index contributed by atoms with van der Waals surface area (Å²) >= 11 is 9.94. The Morgan fingerprint density at radius 1 is 1.29 bits per heavy atom. The number of benzene rings is 2. The Hall–Kier alpha value is -2.64. The molecule has 35 heavy (non-hydrogen) atoms. The van der Waals surface area contributed by atoms with Gasteiger partial charge in [-0.1, -0.05) is 45.7 Å². The van der Waals surface area contributed by atoms with E-state index in [2.05, 4.69) is 33.1 Å². The third kappa shape index (κ3) is 5.62. The molecule has 2 atom stereocenters. The second-order valence-corrected chi connectivity index (χ2v) is 10.5. The van der Waals surface area contributed by atoms with Crippen molar-refractivity contribution >= 4 is 56.1 Å². The molecule has 1 aliphatic rings. The van der Waals surface area contributed by atoms with Crippen molar-refractivity contribution in [3.63, 3.8) is 0 Å². The molecule has 0 saturated carbocycles. The molecule has 8 heteroatoms. The van der Waals surface area contributed by atoms with E-state index in [4.69, 9.17) is 16.6 Å². The standard InChI is InChI=1S/C27H29BrClN3O3/c1-16-6-5-13-32(16)26-17(2)25(21-14-19(28)10-11-23(21)31-26)27(35)30-15-18(9-12-24(33)34)20-7-3-4-8-22(20)29/h3-4,7-8,10-11,14,16,18H,5-6,9,12-13,15H2,1-2H3,(H,30,35)(H,33,34)/t16-,18?/m0/s1. The van der Waals surface area contributed by atoms with Crippen molar-refractivity contribution in [2.24, 2.45) is 0 Å². The van der Waals surface area contributed by atoms with E-state index < -0.39 is 5.97 Å². The molecule has 4 rings (SSSR count). The number of halogens is 2. The quantitative estimate of drug-likeness (QED) is 0.338. The van der Waals surface area contributed by atoms with E-state index in [0.29, 0.717) is 23.0 Å². The van der Waals surface area contributed by atoms with E-state index in [9.17, 15) is 14.7 Å². The van der Waals surface area contributed by atoms with Crippen LogP contribution in [0.5, 0.6) is 0 Å². The summed E-state index contributed by atoms with van der Waals surface area (Å²) in [7, 11) is 0. The van der Waals surface area contributed by atoms with Crippen molar-refractivity contribution in [3.05, 3.63) is 68.7 Å². The smallest absolute Gasteiger partial charge is 0.303 e. The number of rotatable bonds is 8. The van der Waals surface area contributed by atoms with Crippen LogP contribution in [0.15, 0.2) is 46.9 Å². The number of hydrogen-bond donors (Lipinski definition) is 2. The number of carbonyl (C=O) groups excluding carboxylic acids is 1. The number of pyridine rings is 1. The van der Waals surface area contributed by atoms with Crippen molar-refractivity contribution in [1.29, 1.82) is 0 Å². The van der Waals surface area contributed by atoms with Gasteiger partial charge in [-0.15, -0.1) is 0 Å². The van der Waals surface area contributed by atoms with Crippen LogP contribution in [-0.2, 0) is 4.79 Å². The van der Waals surface area contributed by atoms with Crippen LogP contribution in [0, 0.1) is 6.92 Å². The number of aliphatic carboxylic acids is 1. The highest BCUT2D eigenvalue weighted by molar-refractivity contribution is 9.10. The Morgan fingerprint density at radius 3 is 2.74 bits per heavy atom. The van der Waals surface area contributed by atoms with E-state index in [1.807, 2.05) is 43.3 Å². The van der Waals surface area contributed by atoms with Gasteiger partial charge < -0.3 is 15.3 Å². The molecule has 184 valence electrons. The van der Waals surface area contributed by atoms with Gasteiger partial charge in [-0.05, 0) is 62.9 Å². The highest BCUT2D eigenvalue weighted by Crippen LogP contribution is 2.34. The Morgan fingerprint density at radius 2 is 2.06 bits per heavy atom. The number of hydrogen-bond acceptors (Lipinski definition) is 4. The normalized spacial score (nSPS) is 16.5. The van der Waals surface area contributed by atoms with Gasteiger partial charge in [-0.2, -0.15) is 0 Å². The van der Waals surface area contributed by atoms with Gasteiger partial charge in [-0.25, -0.2) is 4.98 Å². The first-order chi connectivity index (χ1) is 16.8. The molecule has 1 aromatic heterocycles. The molecule has 3 aromatic rings. The van der Waals surface area contributed by atoms with Crippen LogP contribution in [0.3, 0.4) is 0 Å². The summed E-state index contributed by atoms with van der Waals surface area (Å²) < 4.78 is 0.873. The van der Waals surface area contributed by atoms with Crippen LogP contribution in [-0.4, -0.2) is 41.1 Å². The summed E-state index contributed by atoms with van der Waals surface area (Å²) in [5, 5.41) is 13.7. The maximum Gasteiger partial charge on any atom is 0.303 e. The van der Waals surface area contributed by atoms with Gasteiger partial charge in [-0.3, -0.25) is 9.59 Å². The predicted octanol–water partition coefficient (Wildman–Crippen LogP) is 6.33. The van der Waals surface area contributed by atoms with Gasteiger partial charge in [0.05, 0.1) is 11.1 Å². The number of carboxylic acid groups (broad SMARTS) is 1. The van der Waals surface area contributed by atoms with Crippen LogP contribution in [0.25, 0.3) is 10.9 Å². The maximum absolute atomic E-state index is 13.7. The van der Waals surface area contributed by atoms with Crippen LogP contribution in [0.1, 0.15) is 60.0 Å². The molecule has 1 fully saturated rings. The number of nitrogens with zero attached hydrogens (tertiary/aromatic N) is 2. The summed E-state index contributed by atoms with van der Waals surface area (Å²) in [5.74, 6) is -0.447. The summed E-state index contributed by atoms with van der Waals surface area (Å²) in [6.45, 7) is 5.35. The lowest BCUT2D eigenvalue weighted by Gasteiger charge is -2.26. The zero-order chi connectivity index (χ0) is 25.1. The Balaban J connectivity index is 1.69. The Labute approximate surface area is 218 Å². The maximum atomic E-state index is 13.7. The molecular formula is C27H29BrClN3O3. The summed E-state index contributed by atoms with van der Waals surface area (Å²) in [6, 6.07) is 13.5. The molecule has 2 aromatic carbocycles. The second-order valence-electron chi connectivity index (χ2n) is 9.14. The fourth-order valence-corrected chi connectivity index (χ4v) is 5.56. The molecule has 0 aliphatic carbocycles. The van der Waals surface area contributed by atoms with Crippen LogP contribution < -0.4 is 10.2 Å². The minimum Gasteiger partial charge on any atom is -0.481 e. The molecule has 1 saturated heterocycles. The molecule has 0 spiro atoms. The van der Waals surface area contributed by atoms with Gasteiger partial charge in [0.1, 0.15) is 5.82 Å². The number of fused-ring (bicyclic) bond motifs is 1. The average molecular weight is 559 g/mol. The van der Waals surface area contributed by atoms with Crippen LogP contribution >= 0.6 is 27.5 Å². The molecule has 1 unspecified atom stereocenters. The Bertz CT molecular complexity index is 1270. The Kier molecular flexibility index (Phi) is 7.97. The van der Waals surface area contributed by atoms with Crippen molar-refractivity contribution in [1.82, 2.24) is 10.3 Å². The van der Waals surface area contributed by atoms with Crippen LogP contribution in [0.2, 0.25) is 5.02 Å². The number of nitrogens with one attached hydrogen (secondary N) is 1. The van der Waals surface area contributed by atoms with Gasteiger partial charge in [0, 0.05) is 51.9 Å². The molecule has 2 heterocycles. The highest BCUT2D eigenvalue weighted by atomic mass is 79.9. The van der Waals surface area contributed by atoms with E-state index in [1.54, 1.807) is 6.07 Å². The van der Waals surface area contributed by atoms with Crippen molar-refractivity contribution in [2.45, 2.75) is 51.5 Å². The topological polar surface area (TPSA) is 82.5 Å². The number of anilines is 1. The molecule has 2 N–H and O–H groups in total. The molecule has 1 aliphatic heterocycles. The first-order valence-corrected chi connectivity index (χ1v) is 13.0. The van der Waals surface area contributed by atoms with Crippen molar-refractivity contribution < 1.29 is 14.7 Å². The highest BCUT2D eigenvalue weighted by Gasteiger charge is 2.27. The third-order valence-corrected chi connectivity index (χ3v) is 7.61. The van der Waals surface area contributed by atoms with Crippen molar-refractivity contribution in [2.75, 3.05) is 18.0 Å². The SMILES string of the molecule is Cc1c(N2CCC[C@@H]2C)nc2ccc(Br)cc2c1C(=O)NCC(CCC(=O)O)c1ccccc1Cl. The van der Waals surface area contributed by atoms with Crippen molar-refractivity contribution in [3.8, 4) is 0 Å². The lowest BCUT2D eigenvalue weighted by molar-refractivity contribution is -0.137. The molecule has 1 amide bonds.